The molecule has 0 aromatic heterocycles. The number of nitrogens with two attached hydrogens (primary N) is 1. The van der Waals surface area contributed by atoms with Gasteiger partial charge in [-0.15, -0.1) is 0 Å². The molecule has 9 heteroatoms. The van der Waals surface area contributed by atoms with Crippen molar-refractivity contribution in [3.05, 3.63) is 29.6 Å². The summed E-state index contributed by atoms with van der Waals surface area (Å²) in [7, 11) is -4.04. The minimum absolute atomic E-state index is 0.0973. The number of hydrogen-bond donors (Lipinski definition) is 2. The highest BCUT2D eigenvalue weighted by molar-refractivity contribution is 7.89. The lowest BCUT2D eigenvalue weighted by Gasteiger charge is -2.19. The Morgan fingerprint density at radius 1 is 1.45 bits per heavy atom. The number of sulfonamides is 1. The number of amides is 1. The summed E-state index contributed by atoms with van der Waals surface area (Å²) in [6.07, 6.45) is 0. The highest BCUT2D eigenvalue weighted by atomic mass is 32.2. The van der Waals surface area contributed by atoms with E-state index >= 15 is 0 Å². The van der Waals surface area contributed by atoms with Gasteiger partial charge in [0.05, 0.1) is 17.0 Å². The number of hydrogen-bond acceptors (Lipinski definition) is 4. The summed E-state index contributed by atoms with van der Waals surface area (Å²) in [5.41, 5.74) is -1.77. The molecule has 3 rings (SSSR count). The maximum absolute atomic E-state index is 14.5. The number of carbonyl (C=O) groups is 1. The maximum atomic E-state index is 14.5. The molecule has 0 unspecified atom stereocenters. The third-order valence-electron chi connectivity index (χ3n) is 4.22. The highest BCUT2D eigenvalue weighted by Crippen LogP contribution is 2.35. The van der Waals surface area contributed by atoms with Gasteiger partial charge in [-0.05, 0) is 18.2 Å². The second-order valence-corrected chi connectivity index (χ2v) is 7.30. The molecular formula is C13H15F2N3O3S. The Bertz CT molecular complexity index is 740. The predicted molar refractivity (Wildman–Crippen MR) is 73.9 cm³/mol. The minimum Gasteiger partial charge on any atom is -0.335 e. The summed E-state index contributed by atoms with van der Waals surface area (Å²) >= 11 is 0. The quantitative estimate of drug-likeness (QED) is 0.789. The van der Waals surface area contributed by atoms with Gasteiger partial charge in [-0.3, -0.25) is 4.79 Å². The molecule has 0 spiro atoms. The third-order valence-corrected chi connectivity index (χ3v) is 5.13. The standard InChI is InChI=1S/C13H15F2N3O3S/c14-11-3-9(22(16,20)21)1-2-10(11)12(19)18-5-8-4-17-6-13(8,15)7-18/h1-3,8,17H,4-7H2,(H2,16,20,21)/t8-,13+/m1/s1. The van der Waals surface area contributed by atoms with Gasteiger partial charge in [0.25, 0.3) is 5.91 Å². The van der Waals surface area contributed by atoms with Crippen LogP contribution in [0.15, 0.2) is 23.1 Å². The molecule has 1 aromatic rings. The van der Waals surface area contributed by atoms with E-state index in [1.165, 1.54) is 4.90 Å². The lowest BCUT2D eigenvalue weighted by molar-refractivity contribution is 0.0750. The Kier molecular flexibility index (Phi) is 3.46. The molecule has 2 heterocycles. The number of nitrogens with zero attached hydrogens (tertiary/aromatic N) is 1. The number of likely N-dealkylation sites (tertiary alicyclic amines) is 1. The van der Waals surface area contributed by atoms with Gasteiger partial charge in [0, 0.05) is 25.6 Å². The number of rotatable bonds is 2. The molecule has 2 atom stereocenters. The zero-order valence-electron chi connectivity index (χ0n) is 11.6. The van der Waals surface area contributed by atoms with Gasteiger partial charge >= 0.3 is 0 Å². The number of primary sulfonamides is 1. The third kappa shape index (κ3) is 2.49. The van der Waals surface area contributed by atoms with Gasteiger partial charge in [-0.25, -0.2) is 22.3 Å². The number of nitrogens with one attached hydrogen (secondary N) is 1. The van der Waals surface area contributed by atoms with E-state index in [0.29, 0.717) is 12.6 Å². The van der Waals surface area contributed by atoms with Gasteiger partial charge in [0.2, 0.25) is 10.0 Å². The zero-order chi connectivity index (χ0) is 16.1. The number of alkyl halides is 1. The number of fused-ring (bicyclic) bond motifs is 1. The van der Waals surface area contributed by atoms with E-state index in [4.69, 9.17) is 5.14 Å². The van der Waals surface area contributed by atoms with Crippen molar-refractivity contribution >= 4 is 15.9 Å². The molecule has 2 saturated heterocycles. The van der Waals surface area contributed by atoms with Crippen molar-refractivity contribution in [2.24, 2.45) is 11.1 Å². The van der Waals surface area contributed by atoms with Crippen molar-refractivity contribution < 1.29 is 22.0 Å². The summed E-state index contributed by atoms with van der Waals surface area (Å²) in [5.74, 6) is -1.94. The molecule has 2 aliphatic heterocycles. The van der Waals surface area contributed by atoms with E-state index in [9.17, 15) is 22.0 Å². The Balaban J connectivity index is 1.85. The van der Waals surface area contributed by atoms with Crippen molar-refractivity contribution in [1.82, 2.24) is 10.2 Å². The van der Waals surface area contributed by atoms with Crippen LogP contribution in [-0.4, -0.2) is 51.1 Å². The molecule has 3 N–H and O–H groups in total. The molecule has 1 aromatic carbocycles. The van der Waals surface area contributed by atoms with Crippen LogP contribution in [-0.2, 0) is 10.0 Å². The van der Waals surface area contributed by atoms with E-state index in [-0.39, 0.29) is 31.1 Å². The molecule has 120 valence electrons. The second kappa shape index (κ2) is 4.97. The molecule has 22 heavy (non-hydrogen) atoms. The summed E-state index contributed by atoms with van der Waals surface area (Å²) in [5, 5.41) is 7.84. The minimum atomic E-state index is -4.04. The lowest BCUT2D eigenvalue weighted by atomic mass is 9.97. The van der Waals surface area contributed by atoms with Gasteiger partial charge in [-0.1, -0.05) is 0 Å². The normalized spacial score (nSPS) is 28.0. The molecule has 1 amide bonds. The van der Waals surface area contributed by atoms with Crippen molar-refractivity contribution in [2.45, 2.75) is 10.6 Å². The maximum Gasteiger partial charge on any atom is 0.256 e. The van der Waals surface area contributed by atoms with Crippen LogP contribution in [0.3, 0.4) is 0 Å². The number of halogens is 2. The second-order valence-electron chi connectivity index (χ2n) is 5.73. The fourth-order valence-electron chi connectivity index (χ4n) is 3.01. The van der Waals surface area contributed by atoms with Crippen LogP contribution in [0.2, 0.25) is 0 Å². The van der Waals surface area contributed by atoms with E-state index < -0.39 is 32.3 Å². The first kappa shape index (κ1) is 15.3. The fraction of sp³-hybridized carbons (Fsp3) is 0.462. The fourth-order valence-corrected chi connectivity index (χ4v) is 3.54. The van der Waals surface area contributed by atoms with Crippen molar-refractivity contribution in [2.75, 3.05) is 26.2 Å². The monoisotopic (exact) mass is 331 g/mol. The summed E-state index contributed by atoms with van der Waals surface area (Å²) in [6, 6.07) is 2.83. The van der Waals surface area contributed by atoms with Crippen LogP contribution in [0.5, 0.6) is 0 Å². The Hall–Kier alpha value is -1.58. The average molecular weight is 331 g/mol. The smallest absolute Gasteiger partial charge is 0.256 e. The van der Waals surface area contributed by atoms with Crippen LogP contribution in [0.4, 0.5) is 8.78 Å². The van der Waals surface area contributed by atoms with E-state index in [0.717, 1.165) is 12.1 Å². The Morgan fingerprint density at radius 3 is 2.77 bits per heavy atom. The zero-order valence-corrected chi connectivity index (χ0v) is 12.4. The van der Waals surface area contributed by atoms with Gasteiger partial charge in [0.1, 0.15) is 11.5 Å². The van der Waals surface area contributed by atoms with Crippen LogP contribution in [0, 0.1) is 11.7 Å². The first-order chi connectivity index (χ1) is 10.2. The molecule has 0 bridgehead atoms. The van der Waals surface area contributed by atoms with Crippen molar-refractivity contribution in [3.8, 4) is 0 Å². The molecule has 0 radical (unpaired) electrons. The van der Waals surface area contributed by atoms with Gasteiger partial charge < -0.3 is 10.2 Å². The van der Waals surface area contributed by atoms with Crippen molar-refractivity contribution in [3.63, 3.8) is 0 Å². The first-order valence-corrected chi connectivity index (χ1v) is 8.27. The van der Waals surface area contributed by atoms with Crippen LogP contribution < -0.4 is 10.5 Å². The van der Waals surface area contributed by atoms with Crippen molar-refractivity contribution in [1.29, 1.82) is 0 Å². The molecule has 0 aliphatic carbocycles. The predicted octanol–water partition coefficient (Wildman–Crippen LogP) is -0.143. The molecule has 0 saturated carbocycles. The number of carbonyl (C=O) groups excluding carboxylic acids is 1. The largest absolute Gasteiger partial charge is 0.335 e. The van der Waals surface area contributed by atoms with Crippen LogP contribution in [0.25, 0.3) is 0 Å². The highest BCUT2D eigenvalue weighted by Gasteiger charge is 2.51. The van der Waals surface area contributed by atoms with E-state index in [1.807, 2.05) is 0 Å². The molecule has 2 fully saturated rings. The van der Waals surface area contributed by atoms with Crippen LogP contribution >= 0.6 is 0 Å². The number of benzene rings is 1. The Morgan fingerprint density at radius 2 is 2.18 bits per heavy atom. The molecular weight excluding hydrogens is 316 g/mol. The summed E-state index contributed by atoms with van der Waals surface area (Å²) in [4.78, 5) is 13.2. The van der Waals surface area contributed by atoms with Crippen LogP contribution in [0.1, 0.15) is 10.4 Å². The van der Waals surface area contributed by atoms with E-state index in [1.54, 1.807) is 0 Å². The van der Waals surface area contributed by atoms with Gasteiger partial charge in [0.15, 0.2) is 0 Å². The SMILES string of the molecule is NS(=O)(=O)c1ccc(C(=O)N2C[C@H]3CNC[C@]3(F)C2)c(F)c1. The molecule has 6 nitrogen and oxygen atoms in total. The topological polar surface area (TPSA) is 92.5 Å². The lowest BCUT2D eigenvalue weighted by Crippen LogP contribution is -2.37. The summed E-state index contributed by atoms with van der Waals surface area (Å²) in [6.45, 7) is 0.764. The first-order valence-electron chi connectivity index (χ1n) is 6.72. The molecule has 2 aliphatic rings. The Labute approximate surface area is 126 Å². The average Bonchev–Trinajstić information content (AvgIpc) is 2.91. The van der Waals surface area contributed by atoms with E-state index in [2.05, 4.69) is 5.32 Å². The summed E-state index contributed by atoms with van der Waals surface area (Å²) < 4.78 is 50.8. The van der Waals surface area contributed by atoms with Gasteiger partial charge in [-0.2, -0.15) is 0 Å².